The second-order valence-electron chi connectivity index (χ2n) is 9.38. The van der Waals surface area contributed by atoms with Crippen molar-refractivity contribution in [3.05, 3.63) is 106 Å². The molecule has 3 aromatic carbocycles. The first-order chi connectivity index (χ1) is 18.7. The Bertz CT molecular complexity index is 1490. The number of aliphatic carboxylic acids is 1. The number of para-hydroxylation sites is 1. The van der Waals surface area contributed by atoms with Crippen molar-refractivity contribution in [1.29, 1.82) is 0 Å². The van der Waals surface area contributed by atoms with Crippen molar-refractivity contribution in [2.45, 2.75) is 42.6 Å². The number of benzene rings is 3. The van der Waals surface area contributed by atoms with Crippen LogP contribution in [0.3, 0.4) is 0 Å². The number of aromatic amines is 1. The fourth-order valence-electron chi connectivity index (χ4n) is 4.58. The topological polar surface area (TPSA) is 121 Å². The van der Waals surface area contributed by atoms with Crippen LogP contribution in [0.25, 0.3) is 10.9 Å². The van der Waals surface area contributed by atoms with Gasteiger partial charge in [0.25, 0.3) is 0 Å². The Hall–Kier alpha value is -3.60. The normalized spacial score (nSPS) is 13.7. The van der Waals surface area contributed by atoms with Gasteiger partial charge in [-0.05, 0) is 47.7 Å². The average molecular weight is 553 g/mol. The maximum absolute atomic E-state index is 13.9. The van der Waals surface area contributed by atoms with Gasteiger partial charge in [0, 0.05) is 36.5 Å². The third-order valence-electron chi connectivity index (χ3n) is 6.53. The molecule has 0 amide bonds. The van der Waals surface area contributed by atoms with Gasteiger partial charge in [-0.25, -0.2) is 13.6 Å². The van der Waals surface area contributed by atoms with Crippen molar-refractivity contribution in [3.63, 3.8) is 0 Å². The fourth-order valence-corrected chi connectivity index (χ4v) is 5.84. The summed E-state index contributed by atoms with van der Waals surface area (Å²) in [5.74, 6) is -3.28. The molecule has 1 aromatic heterocycles. The first kappa shape index (κ1) is 28.4. The zero-order valence-electron chi connectivity index (χ0n) is 21.4. The number of rotatable bonds is 12. The highest BCUT2D eigenvalue weighted by Gasteiger charge is 2.34. The SMILES string of the molecule is CCc1cccc(CNC[C@H](C(N)Cc2cc(F)cc(F)c2)[C@H](Sc2nc(=O)[nH]c3ccccc23)C(=O)O)c1. The van der Waals surface area contributed by atoms with Crippen molar-refractivity contribution in [2.24, 2.45) is 11.7 Å². The van der Waals surface area contributed by atoms with E-state index < -0.39 is 40.5 Å². The van der Waals surface area contributed by atoms with Gasteiger partial charge in [-0.2, -0.15) is 4.98 Å². The quantitative estimate of drug-likeness (QED) is 0.153. The van der Waals surface area contributed by atoms with Crippen LogP contribution in [0, 0.1) is 17.6 Å². The second kappa shape index (κ2) is 13.0. The average Bonchev–Trinajstić information content (AvgIpc) is 2.89. The van der Waals surface area contributed by atoms with Crippen LogP contribution in [0.15, 0.2) is 76.6 Å². The van der Waals surface area contributed by atoms with E-state index in [9.17, 15) is 23.5 Å². The molecule has 0 saturated carbocycles. The number of H-pyrrole nitrogens is 1. The molecule has 204 valence electrons. The molecule has 0 bridgehead atoms. The first-order valence-corrected chi connectivity index (χ1v) is 13.5. The van der Waals surface area contributed by atoms with Crippen molar-refractivity contribution < 1.29 is 18.7 Å². The molecule has 0 spiro atoms. The molecule has 0 fully saturated rings. The smallest absolute Gasteiger partial charge is 0.346 e. The third-order valence-corrected chi connectivity index (χ3v) is 7.87. The summed E-state index contributed by atoms with van der Waals surface area (Å²) in [5.41, 5.74) is 9.05. The van der Waals surface area contributed by atoms with Gasteiger partial charge in [0.05, 0.1) is 5.52 Å². The van der Waals surface area contributed by atoms with Gasteiger partial charge in [0.1, 0.15) is 21.9 Å². The zero-order chi connectivity index (χ0) is 27.9. The predicted octanol–water partition coefficient (Wildman–Crippen LogP) is 4.29. The molecule has 10 heteroatoms. The van der Waals surface area contributed by atoms with E-state index in [0.29, 0.717) is 23.0 Å². The molecule has 0 radical (unpaired) electrons. The number of fused-ring (bicyclic) bond motifs is 1. The van der Waals surface area contributed by atoms with Gasteiger partial charge in [0.15, 0.2) is 0 Å². The number of carboxylic acids is 1. The van der Waals surface area contributed by atoms with Crippen LogP contribution >= 0.6 is 11.8 Å². The van der Waals surface area contributed by atoms with Crippen molar-refractivity contribution >= 4 is 28.6 Å². The van der Waals surface area contributed by atoms with Crippen LogP contribution < -0.4 is 16.7 Å². The maximum atomic E-state index is 13.9. The van der Waals surface area contributed by atoms with Gasteiger partial charge in [0.2, 0.25) is 0 Å². The molecule has 5 N–H and O–H groups in total. The Morgan fingerprint density at radius 2 is 1.77 bits per heavy atom. The van der Waals surface area contributed by atoms with E-state index in [-0.39, 0.29) is 18.0 Å². The second-order valence-corrected chi connectivity index (χ2v) is 10.5. The van der Waals surface area contributed by atoms with E-state index >= 15 is 0 Å². The van der Waals surface area contributed by atoms with Gasteiger partial charge in [-0.15, -0.1) is 0 Å². The van der Waals surface area contributed by atoms with Gasteiger partial charge in [-0.1, -0.05) is 61.2 Å². The number of halogens is 2. The maximum Gasteiger partial charge on any atom is 0.346 e. The summed E-state index contributed by atoms with van der Waals surface area (Å²) in [6.45, 7) is 2.76. The molecule has 39 heavy (non-hydrogen) atoms. The van der Waals surface area contributed by atoms with Crippen molar-refractivity contribution in [3.8, 4) is 0 Å². The minimum Gasteiger partial charge on any atom is -0.480 e. The number of hydrogen-bond acceptors (Lipinski definition) is 6. The predicted molar refractivity (Wildman–Crippen MR) is 149 cm³/mol. The summed E-state index contributed by atoms with van der Waals surface area (Å²) < 4.78 is 27.7. The molecular weight excluding hydrogens is 522 g/mol. The molecule has 3 atom stereocenters. The fraction of sp³-hybridized carbons (Fsp3) is 0.276. The summed E-state index contributed by atoms with van der Waals surface area (Å²) in [6, 6.07) is 17.4. The minimum atomic E-state index is -1.13. The molecule has 0 saturated heterocycles. The van der Waals surface area contributed by atoms with E-state index in [0.717, 1.165) is 29.8 Å². The molecule has 0 aliphatic rings. The molecule has 1 unspecified atom stereocenters. The van der Waals surface area contributed by atoms with Crippen LogP contribution in [-0.2, 0) is 24.2 Å². The molecule has 0 aliphatic heterocycles. The molecule has 7 nitrogen and oxygen atoms in total. The number of aromatic nitrogens is 2. The lowest BCUT2D eigenvalue weighted by Gasteiger charge is -2.29. The number of thioether (sulfide) groups is 1. The summed E-state index contributed by atoms with van der Waals surface area (Å²) in [5, 5.41) is 13.4. The van der Waals surface area contributed by atoms with Gasteiger partial charge in [-0.3, -0.25) is 4.79 Å². The van der Waals surface area contributed by atoms with Crippen molar-refractivity contribution in [2.75, 3.05) is 6.54 Å². The Labute approximate surface area is 228 Å². The van der Waals surface area contributed by atoms with Gasteiger partial charge >= 0.3 is 11.7 Å². The van der Waals surface area contributed by atoms with E-state index in [2.05, 4.69) is 28.3 Å². The largest absolute Gasteiger partial charge is 0.480 e. The Morgan fingerprint density at radius 1 is 1.05 bits per heavy atom. The standard InChI is InChI=1S/C29H30F2N4O3S/c1-2-17-6-5-7-18(10-17)15-33-16-23(24(32)13-19-11-20(30)14-21(31)12-19)26(28(36)37)39-27-22-8-3-4-9-25(22)34-29(38)35-27/h3-12,14,23-24,26,33H,2,13,15-16,32H2,1H3,(H,36,37)(H,34,35,38)/t23-,24?,26+/m1/s1. The number of nitrogens with zero attached hydrogens (tertiary/aromatic N) is 1. The highest BCUT2D eigenvalue weighted by Crippen LogP contribution is 2.33. The van der Waals surface area contributed by atoms with E-state index in [1.807, 2.05) is 18.2 Å². The number of hydrogen-bond donors (Lipinski definition) is 4. The monoisotopic (exact) mass is 552 g/mol. The molecular formula is C29H30F2N4O3S. The van der Waals surface area contributed by atoms with Crippen LogP contribution in [0.2, 0.25) is 0 Å². The minimum absolute atomic E-state index is 0.0558. The first-order valence-electron chi connectivity index (χ1n) is 12.6. The Balaban J connectivity index is 1.63. The molecule has 1 heterocycles. The van der Waals surface area contributed by atoms with E-state index in [4.69, 9.17) is 5.73 Å². The lowest BCUT2D eigenvalue weighted by molar-refractivity contribution is -0.137. The van der Waals surface area contributed by atoms with Crippen molar-refractivity contribution in [1.82, 2.24) is 15.3 Å². The number of carbonyl (C=O) groups is 1. The highest BCUT2D eigenvalue weighted by molar-refractivity contribution is 8.00. The Kier molecular flexibility index (Phi) is 9.45. The highest BCUT2D eigenvalue weighted by atomic mass is 32.2. The van der Waals surface area contributed by atoms with Gasteiger partial charge < -0.3 is 21.1 Å². The molecule has 4 aromatic rings. The Morgan fingerprint density at radius 3 is 2.49 bits per heavy atom. The number of carboxylic acid groups (broad SMARTS) is 1. The number of aryl methyl sites for hydroxylation is 1. The lowest BCUT2D eigenvalue weighted by atomic mass is 9.90. The third kappa shape index (κ3) is 7.50. The zero-order valence-corrected chi connectivity index (χ0v) is 22.2. The molecule has 0 aliphatic carbocycles. The summed E-state index contributed by atoms with van der Waals surface area (Å²) >= 11 is 0.947. The summed E-state index contributed by atoms with van der Waals surface area (Å²) in [6.07, 6.45) is 0.945. The van der Waals surface area contributed by atoms with Crippen LogP contribution in [0.5, 0.6) is 0 Å². The number of nitrogens with two attached hydrogens (primary N) is 1. The molecule has 4 rings (SSSR count). The van der Waals surface area contributed by atoms with E-state index in [1.165, 1.54) is 17.7 Å². The van der Waals surface area contributed by atoms with Crippen LogP contribution in [0.1, 0.15) is 23.6 Å². The van der Waals surface area contributed by atoms with E-state index in [1.54, 1.807) is 24.3 Å². The van der Waals surface area contributed by atoms with Crippen LogP contribution in [-0.4, -0.2) is 38.9 Å². The summed E-state index contributed by atoms with van der Waals surface area (Å²) in [4.78, 5) is 31.5. The summed E-state index contributed by atoms with van der Waals surface area (Å²) in [7, 11) is 0. The van der Waals surface area contributed by atoms with Crippen LogP contribution in [0.4, 0.5) is 8.78 Å². The lowest BCUT2D eigenvalue weighted by Crippen LogP contribution is -2.47. The number of nitrogens with one attached hydrogen (secondary N) is 2.